The van der Waals surface area contributed by atoms with Gasteiger partial charge in [-0.25, -0.2) is 4.98 Å². The first kappa shape index (κ1) is 13.3. The van der Waals surface area contributed by atoms with Gasteiger partial charge < -0.3 is 10.4 Å². The molecule has 5 nitrogen and oxygen atoms in total. The van der Waals surface area contributed by atoms with Gasteiger partial charge in [0.25, 0.3) is 5.91 Å². The van der Waals surface area contributed by atoms with E-state index in [1.54, 1.807) is 24.3 Å². The number of amides is 1. The largest absolute Gasteiger partial charge is 0.480 e. The Morgan fingerprint density at radius 2 is 2.05 bits per heavy atom. The number of hydrogen-bond donors (Lipinski definition) is 2. The molecule has 2 aromatic rings. The molecular formula is C13H11ClN2O3. The molecule has 0 aliphatic rings. The van der Waals surface area contributed by atoms with Crippen molar-refractivity contribution in [3.63, 3.8) is 0 Å². The van der Waals surface area contributed by atoms with Crippen LogP contribution < -0.4 is 5.32 Å². The number of carboxylic acids is 1. The number of halogens is 1. The minimum Gasteiger partial charge on any atom is -0.480 e. The van der Waals surface area contributed by atoms with Crippen molar-refractivity contribution in [1.29, 1.82) is 0 Å². The zero-order chi connectivity index (χ0) is 14.0. The molecule has 0 spiro atoms. The molecule has 0 fully saturated rings. The van der Waals surface area contributed by atoms with Crippen molar-refractivity contribution in [1.82, 2.24) is 10.3 Å². The Morgan fingerprint density at radius 3 is 2.74 bits per heavy atom. The average molecular weight is 279 g/mol. The third-order valence-electron chi connectivity index (χ3n) is 2.65. The Labute approximate surface area is 114 Å². The third-order valence-corrected chi connectivity index (χ3v) is 2.84. The molecule has 2 rings (SSSR count). The summed E-state index contributed by atoms with van der Waals surface area (Å²) in [6.07, 6.45) is 0. The minimum atomic E-state index is -1.10. The summed E-state index contributed by atoms with van der Waals surface area (Å²) < 4.78 is 0. The predicted molar refractivity (Wildman–Crippen MR) is 71.3 cm³/mol. The molecule has 0 aliphatic carbocycles. The molecule has 6 heteroatoms. The normalized spacial score (nSPS) is 12.1. The van der Waals surface area contributed by atoms with Crippen LogP contribution in [0.3, 0.4) is 0 Å². The lowest BCUT2D eigenvalue weighted by Crippen LogP contribution is -2.38. The molecule has 0 saturated heterocycles. The fourth-order valence-corrected chi connectivity index (χ4v) is 1.87. The van der Waals surface area contributed by atoms with Gasteiger partial charge in [-0.1, -0.05) is 29.8 Å². The summed E-state index contributed by atoms with van der Waals surface area (Å²) in [4.78, 5) is 26.9. The van der Waals surface area contributed by atoms with E-state index in [4.69, 9.17) is 16.7 Å². The monoisotopic (exact) mass is 278 g/mol. The Balaban J connectivity index is 2.44. The molecule has 0 saturated carbocycles. The van der Waals surface area contributed by atoms with E-state index in [0.717, 1.165) is 0 Å². The number of rotatable bonds is 3. The zero-order valence-corrected chi connectivity index (χ0v) is 10.8. The van der Waals surface area contributed by atoms with Crippen LogP contribution in [0, 0.1) is 0 Å². The molecule has 1 atom stereocenters. The maximum absolute atomic E-state index is 12.1. The maximum Gasteiger partial charge on any atom is 0.325 e. The van der Waals surface area contributed by atoms with Crippen LogP contribution in [0.2, 0.25) is 5.15 Å². The lowest BCUT2D eigenvalue weighted by Gasteiger charge is -2.11. The molecule has 1 aromatic heterocycles. The van der Waals surface area contributed by atoms with Crippen molar-refractivity contribution in [2.24, 2.45) is 0 Å². The van der Waals surface area contributed by atoms with Crippen LogP contribution in [0.1, 0.15) is 17.3 Å². The molecule has 1 heterocycles. The fraction of sp³-hybridized carbons (Fsp3) is 0.154. The average Bonchev–Trinajstić information content (AvgIpc) is 2.37. The second-order valence-electron chi connectivity index (χ2n) is 4.04. The molecular weight excluding hydrogens is 268 g/mol. The summed E-state index contributed by atoms with van der Waals surface area (Å²) >= 11 is 5.86. The maximum atomic E-state index is 12.1. The van der Waals surface area contributed by atoms with Crippen LogP contribution in [0.5, 0.6) is 0 Å². The van der Waals surface area contributed by atoms with Crippen LogP contribution in [0.25, 0.3) is 10.9 Å². The van der Waals surface area contributed by atoms with Crippen LogP contribution >= 0.6 is 11.6 Å². The van der Waals surface area contributed by atoms with E-state index in [2.05, 4.69) is 10.3 Å². The van der Waals surface area contributed by atoms with Crippen molar-refractivity contribution in [3.05, 3.63) is 41.0 Å². The van der Waals surface area contributed by atoms with Gasteiger partial charge in [-0.3, -0.25) is 9.59 Å². The van der Waals surface area contributed by atoms with E-state index in [0.29, 0.717) is 16.5 Å². The third kappa shape index (κ3) is 2.82. The van der Waals surface area contributed by atoms with Crippen molar-refractivity contribution < 1.29 is 14.7 Å². The molecule has 0 aliphatic heterocycles. The lowest BCUT2D eigenvalue weighted by molar-refractivity contribution is -0.138. The highest BCUT2D eigenvalue weighted by molar-refractivity contribution is 6.30. The summed E-state index contributed by atoms with van der Waals surface area (Å²) in [6, 6.07) is 7.48. The summed E-state index contributed by atoms with van der Waals surface area (Å²) in [5.74, 6) is -1.59. The van der Waals surface area contributed by atoms with Crippen molar-refractivity contribution in [2.45, 2.75) is 13.0 Å². The minimum absolute atomic E-state index is 0.187. The first-order valence-electron chi connectivity index (χ1n) is 5.58. The van der Waals surface area contributed by atoms with Gasteiger partial charge in [0.1, 0.15) is 11.2 Å². The number of para-hydroxylation sites is 1. The molecule has 1 amide bonds. The zero-order valence-electron chi connectivity index (χ0n) is 10.1. The number of aromatic nitrogens is 1. The van der Waals surface area contributed by atoms with Gasteiger partial charge in [0.05, 0.1) is 11.1 Å². The number of nitrogens with zero attached hydrogens (tertiary/aromatic N) is 1. The van der Waals surface area contributed by atoms with Crippen molar-refractivity contribution in [2.75, 3.05) is 0 Å². The van der Waals surface area contributed by atoms with E-state index < -0.39 is 17.9 Å². The lowest BCUT2D eigenvalue weighted by atomic mass is 10.1. The van der Waals surface area contributed by atoms with E-state index in [1.807, 2.05) is 0 Å². The quantitative estimate of drug-likeness (QED) is 0.843. The van der Waals surface area contributed by atoms with Crippen LogP contribution in [-0.2, 0) is 4.79 Å². The van der Waals surface area contributed by atoms with Crippen LogP contribution in [-0.4, -0.2) is 28.0 Å². The predicted octanol–water partition coefficient (Wildman–Crippen LogP) is 2.09. The highest BCUT2D eigenvalue weighted by Crippen LogP contribution is 2.20. The second-order valence-corrected chi connectivity index (χ2v) is 4.43. The smallest absolute Gasteiger partial charge is 0.325 e. The number of aliphatic carboxylic acids is 1. The van der Waals surface area contributed by atoms with Gasteiger partial charge >= 0.3 is 5.97 Å². The molecule has 0 radical (unpaired) electrons. The molecule has 19 heavy (non-hydrogen) atoms. The summed E-state index contributed by atoms with van der Waals surface area (Å²) in [7, 11) is 0. The van der Waals surface area contributed by atoms with E-state index in [1.165, 1.54) is 13.0 Å². The Hall–Kier alpha value is -2.14. The summed E-state index contributed by atoms with van der Waals surface area (Å²) in [5, 5.41) is 12.0. The van der Waals surface area contributed by atoms with Gasteiger partial charge in [0.15, 0.2) is 0 Å². The molecule has 0 unspecified atom stereocenters. The first-order chi connectivity index (χ1) is 8.99. The van der Waals surface area contributed by atoms with Gasteiger partial charge in [0, 0.05) is 5.39 Å². The highest BCUT2D eigenvalue weighted by Gasteiger charge is 2.17. The number of carbonyl (C=O) groups excluding carboxylic acids is 1. The van der Waals surface area contributed by atoms with E-state index in [-0.39, 0.29) is 5.15 Å². The van der Waals surface area contributed by atoms with Gasteiger partial charge in [-0.05, 0) is 19.1 Å². The number of hydrogen-bond acceptors (Lipinski definition) is 3. The number of fused-ring (bicyclic) bond motifs is 1. The number of nitrogens with one attached hydrogen (secondary N) is 1. The van der Waals surface area contributed by atoms with E-state index in [9.17, 15) is 9.59 Å². The van der Waals surface area contributed by atoms with Crippen molar-refractivity contribution >= 4 is 34.4 Å². The summed E-state index contributed by atoms with van der Waals surface area (Å²) in [6.45, 7) is 1.39. The molecule has 98 valence electrons. The number of benzene rings is 1. The van der Waals surface area contributed by atoms with E-state index >= 15 is 0 Å². The number of pyridine rings is 1. The Bertz CT molecular complexity index is 657. The highest BCUT2D eigenvalue weighted by atomic mass is 35.5. The topological polar surface area (TPSA) is 79.3 Å². The van der Waals surface area contributed by atoms with Gasteiger partial charge in [-0.15, -0.1) is 0 Å². The van der Waals surface area contributed by atoms with Crippen molar-refractivity contribution in [3.8, 4) is 0 Å². The standard InChI is InChI=1S/C13H11ClN2O3/c1-7(13(18)19)15-12(17)9-6-11(14)16-10-5-3-2-4-8(9)10/h2-7H,1H3,(H,15,17)(H,18,19)/t7-/m1/s1. The number of carbonyl (C=O) groups is 2. The molecule has 2 N–H and O–H groups in total. The summed E-state index contributed by atoms with van der Waals surface area (Å²) in [5.41, 5.74) is 0.895. The second kappa shape index (κ2) is 5.24. The number of carboxylic acid groups (broad SMARTS) is 1. The Morgan fingerprint density at radius 1 is 1.37 bits per heavy atom. The molecule has 1 aromatic carbocycles. The Kier molecular flexibility index (Phi) is 3.66. The van der Waals surface area contributed by atoms with Crippen LogP contribution in [0.15, 0.2) is 30.3 Å². The molecule has 0 bridgehead atoms. The fourth-order valence-electron chi connectivity index (χ4n) is 1.67. The van der Waals surface area contributed by atoms with Crippen LogP contribution in [0.4, 0.5) is 0 Å². The first-order valence-corrected chi connectivity index (χ1v) is 5.96. The van der Waals surface area contributed by atoms with Gasteiger partial charge in [-0.2, -0.15) is 0 Å². The SMILES string of the molecule is C[C@@H](NC(=O)c1cc(Cl)nc2ccccc12)C(=O)O. The van der Waals surface area contributed by atoms with Gasteiger partial charge in [0.2, 0.25) is 0 Å².